The van der Waals surface area contributed by atoms with E-state index in [1.54, 1.807) is 0 Å². The normalized spacial score (nSPS) is 20.6. The van der Waals surface area contributed by atoms with Crippen molar-refractivity contribution in [3.05, 3.63) is 11.6 Å². The molecule has 1 aliphatic rings. The zero-order chi connectivity index (χ0) is 11.8. The van der Waals surface area contributed by atoms with Crippen LogP contribution in [0.2, 0.25) is 0 Å². The fraction of sp³-hybridized carbons (Fsp3) is 0.786. The third-order valence-electron chi connectivity index (χ3n) is 3.49. The Morgan fingerprint density at radius 1 is 1.50 bits per heavy atom. The number of carboxylic acids is 1. The smallest absolute Gasteiger partial charge is 0.303 e. The Hall–Kier alpha value is -0.790. The van der Waals surface area contributed by atoms with E-state index in [0.29, 0.717) is 6.42 Å². The number of unbranched alkanes of at least 4 members (excludes halogenated alkanes) is 2. The lowest BCUT2D eigenvalue weighted by molar-refractivity contribution is -0.136. The van der Waals surface area contributed by atoms with Crippen molar-refractivity contribution in [2.24, 2.45) is 5.92 Å². The highest BCUT2D eigenvalue weighted by atomic mass is 16.4. The van der Waals surface area contributed by atoms with Crippen LogP contribution in [0.5, 0.6) is 0 Å². The van der Waals surface area contributed by atoms with Crippen molar-refractivity contribution >= 4 is 5.97 Å². The van der Waals surface area contributed by atoms with Crippen LogP contribution in [0.3, 0.4) is 0 Å². The SMILES string of the molecule is CCCCCC1CC=C(CCC(=O)O)CC1. The molecule has 0 saturated heterocycles. The second kappa shape index (κ2) is 7.48. The molecule has 0 radical (unpaired) electrons. The van der Waals surface area contributed by atoms with Crippen LogP contribution < -0.4 is 0 Å². The highest BCUT2D eigenvalue weighted by Gasteiger charge is 2.14. The number of hydrogen-bond acceptors (Lipinski definition) is 1. The summed E-state index contributed by atoms with van der Waals surface area (Å²) in [6, 6.07) is 0. The molecular weight excluding hydrogens is 200 g/mol. The predicted molar refractivity (Wildman–Crippen MR) is 66.4 cm³/mol. The lowest BCUT2D eigenvalue weighted by atomic mass is 9.85. The lowest BCUT2D eigenvalue weighted by Gasteiger charge is -2.21. The van der Waals surface area contributed by atoms with Crippen molar-refractivity contribution in [3.63, 3.8) is 0 Å². The van der Waals surface area contributed by atoms with E-state index in [0.717, 1.165) is 18.8 Å². The Morgan fingerprint density at radius 2 is 2.31 bits per heavy atom. The van der Waals surface area contributed by atoms with Gasteiger partial charge in [0.1, 0.15) is 0 Å². The average Bonchev–Trinajstić information content (AvgIpc) is 2.28. The lowest BCUT2D eigenvalue weighted by Crippen LogP contribution is -2.07. The molecule has 0 aromatic heterocycles. The van der Waals surface area contributed by atoms with Gasteiger partial charge in [-0.1, -0.05) is 44.3 Å². The van der Waals surface area contributed by atoms with Crippen molar-refractivity contribution in [1.82, 2.24) is 0 Å². The quantitative estimate of drug-likeness (QED) is 0.521. The summed E-state index contributed by atoms with van der Waals surface area (Å²) < 4.78 is 0. The van der Waals surface area contributed by atoms with Crippen LogP contribution in [0.15, 0.2) is 11.6 Å². The molecule has 1 atom stereocenters. The Morgan fingerprint density at radius 3 is 2.88 bits per heavy atom. The minimum Gasteiger partial charge on any atom is -0.481 e. The average molecular weight is 224 g/mol. The van der Waals surface area contributed by atoms with Crippen LogP contribution in [0.25, 0.3) is 0 Å². The number of carboxylic acid groups (broad SMARTS) is 1. The summed E-state index contributed by atoms with van der Waals surface area (Å²) in [6.07, 6.45) is 12.3. The van der Waals surface area contributed by atoms with E-state index in [1.807, 2.05) is 0 Å². The van der Waals surface area contributed by atoms with Gasteiger partial charge < -0.3 is 5.11 Å². The summed E-state index contributed by atoms with van der Waals surface area (Å²) in [4.78, 5) is 10.5. The molecule has 0 fully saturated rings. The van der Waals surface area contributed by atoms with E-state index in [4.69, 9.17) is 5.11 Å². The largest absolute Gasteiger partial charge is 0.481 e. The molecule has 0 amide bonds. The molecule has 1 N–H and O–H groups in total. The third-order valence-corrected chi connectivity index (χ3v) is 3.49. The maximum atomic E-state index is 10.5. The third kappa shape index (κ3) is 5.34. The summed E-state index contributed by atoms with van der Waals surface area (Å²) in [7, 11) is 0. The molecule has 0 bridgehead atoms. The Bertz CT molecular complexity index is 243. The molecule has 2 nitrogen and oxygen atoms in total. The standard InChI is InChI=1S/C14H24O2/c1-2-3-4-5-12-6-8-13(9-7-12)10-11-14(15)16/h8,12H,2-7,9-11H2,1H3,(H,15,16). The first-order chi connectivity index (χ1) is 7.72. The van der Waals surface area contributed by atoms with E-state index in [9.17, 15) is 4.79 Å². The Labute approximate surface area is 98.7 Å². The summed E-state index contributed by atoms with van der Waals surface area (Å²) in [6.45, 7) is 2.24. The van der Waals surface area contributed by atoms with E-state index < -0.39 is 5.97 Å². The van der Waals surface area contributed by atoms with Crippen molar-refractivity contribution in [2.45, 2.75) is 64.7 Å². The van der Waals surface area contributed by atoms with Crippen LogP contribution in [0.1, 0.15) is 64.7 Å². The topological polar surface area (TPSA) is 37.3 Å². The number of aliphatic carboxylic acids is 1. The van der Waals surface area contributed by atoms with Gasteiger partial charge >= 0.3 is 5.97 Å². The van der Waals surface area contributed by atoms with Gasteiger partial charge in [0.2, 0.25) is 0 Å². The summed E-state index contributed by atoms with van der Waals surface area (Å²) in [5.41, 5.74) is 1.37. The second-order valence-corrected chi connectivity index (χ2v) is 4.89. The van der Waals surface area contributed by atoms with Gasteiger partial charge in [0.15, 0.2) is 0 Å². The molecule has 0 aliphatic heterocycles. The monoisotopic (exact) mass is 224 g/mol. The van der Waals surface area contributed by atoms with Crippen LogP contribution in [0, 0.1) is 5.92 Å². The van der Waals surface area contributed by atoms with Crippen LogP contribution in [-0.2, 0) is 4.79 Å². The van der Waals surface area contributed by atoms with Crippen LogP contribution in [0.4, 0.5) is 0 Å². The number of allylic oxidation sites excluding steroid dienone is 2. The zero-order valence-corrected chi connectivity index (χ0v) is 10.4. The van der Waals surface area contributed by atoms with Gasteiger partial charge in [-0.25, -0.2) is 0 Å². The number of hydrogen-bond donors (Lipinski definition) is 1. The predicted octanol–water partition coefficient (Wildman–Crippen LogP) is 4.16. The number of carbonyl (C=O) groups is 1. The fourth-order valence-corrected chi connectivity index (χ4v) is 2.38. The molecular formula is C14H24O2. The highest BCUT2D eigenvalue weighted by molar-refractivity contribution is 5.67. The van der Waals surface area contributed by atoms with E-state index in [-0.39, 0.29) is 0 Å². The molecule has 1 aliphatic carbocycles. The van der Waals surface area contributed by atoms with Gasteiger partial charge in [-0.3, -0.25) is 4.79 Å². The maximum absolute atomic E-state index is 10.5. The molecule has 0 heterocycles. The van der Waals surface area contributed by atoms with Crippen LogP contribution >= 0.6 is 0 Å². The van der Waals surface area contributed by atoms with Crippen molar-refractivity contribution in [1.29, 1.82) is 0 Å². The Balaban J connectivity index is 2.17. The summed E-state index contributed by atoms with van der Waals surface area (Å²) in [5.74, 6) is 0.186. The van der Waals surface area contributed by atoms with Crippen molar-refractivity contribution in [3.8, 4) is 0 Å². The molecule has 0 aromatic rings. The molecule has 92 valence electrons. The van der Waals surface area contributed by atoms with Crippen molar-refractivity contribution < 1.29 is 9.90 Å². The molecule has 16 heavy (non-hydrogen) atoms. The Kier molecular flexibility index (Phi) is 6.20. The second-order valence-electron chi connectivity index (χ2n) is 4.89. The van der Waals surface area contributed by atoms with Crippen molar-refractivity contribution in [2.75, 3.05) is 0 Å². The van der Waals surface area contributed by atoms with Gasteiger partial charge in [0.05, 0.1) is 0 Å². The van der Waals surface area contributed by atoms with Gasteiger partial charge in [-0.15, -0.1) is 0 Å². The molecule has 1 unspecified atom stereocenters. The molecule has 0 aromatic carbocycles. The molecule has 2 heteroatoms. The maximum Gasteiger partial charge on any atom is 0.303 e. The van der Waals surface area contributed by atoms with Gasteiger partial charge in [-0.05, 0) is 31.6 Å². The van der Waals surface area contributed by atoms with E-state index >= 15 is 0 Å². The van der Waals surface area contributed by atoms with E-state index in [2.05, 4.69) is 13.0 Å². The van der Waals surface area contributed by atoms with Gasteiger partial charge in [-0.2, -0.15) is 0 Å². The highest BCUT2D eigenvalue weighted by Crippen LogP contribution is 2.29. The summed E-state index contributed by atoms with van der Waals surface area (Å²) in [5, 5.41) is 8.61. The summed E-state index contributed by atoms with van der Waals surface area (Å²) >= 11 is 0. The zero-order valence-electron chi connectivity index (χ0n) is 10.4. The first kappa shape index (κ1) is 13.3. The van der Waals surface area contributed by atoms with Gasteiger partial charge in [0.25, 0.3) is 0 Å². The molecule has 0 spiro atoms. The number of rotatable bonds is 7. The van der Waals surface area contributed by atoms with Gasteiger partial charge in [0, 0.05) is 6.42 Å². The first-order valence-electron chi connectivity index (χ1n) is 6.62. The minimum atomic E-state index is -0.675. The first-order valence-corrected chi connectivity index (χ1v) is 6.62. The molecule has 1 rings (SSSR count). The van der Waals surface area contributed by atoms with Crippen LogP contribution in [-0.4, -0.2) is 11.1 Å². The van der Waals surface area contributed by atoms with E-state index in [1.165, 1.54) is 44.1 Å². The minimum absolute atomic E-state index is 0.298. The molecule has 0 saturated carbocycles. The fourth-order valence-electron chi connectivity index (χ4n) is 2.38.